The first kappa shape index (κ1) is 63.0. The summed E-state index contributed by atoms with van der Waals surface area (Å²) in [6.07, 6.45) is -9.51. The molecule has 2 aromatic carbocycles. The van der Waals surface area contributed by atoms with Gasteiger partial charge in [0.05, 0.1) is 0 Å². The summed E-state index contributed by atoms with van der Waals surface area (Å²) in [5, 5.41) is 22.9. The standard InChI is InChI=1S/C54H78N6O16/c1-29(2)23-39-49(65)73-33(9)45(61)57(11)42(26-32(7)8)52(68)76-44(28-36-17-21-38(22-18-36)56-54(71)72)48(64)60(14)40(24-30(3)4)50(66)74-34(10)46(62)58(12)41(25-31(5)6)51(67)75-43(47(63)59(39)13)27-35-15-19-37(20-16-35)55-53(69)70/h15-22,29-34,39-44,55-56H,23-28H2,1-14H3,(H,69,70)(H,71,72)/t33-,34-,39+,40+,41+,42+,43-,44-/m0/s1. The number of hydrogen-bond acceptors (Lipinski definition) is 14. The number of carboxylic acid groups (broad SMARTS) is 2. The van der Waals surface area contributed by atoms with Gasteiger partial charge in [-0.05, 0) is 98.6 Å². The van der Waals surface area contributed by atoms with E-state index in [0.717, 1.165) is 19.6 Å². The molecule has 22 nitrogen and oxygen atoms in total. The van der Waals surface area contributed by atoms with Gasteiger partial charge in [0.2, 0.25) is 0 Å². The van der Waals surface area contributed by atoms with E-state index in [9.17, 15) is 58.2 Å². The second kappa shape index (κ2) is 28.6. The Balaban J connectivity index is 2.28. The minimum Gasteiger partial charge on any atom is -0.465 e. The average Bonchev–Trinajstić information content (AvgIpc) is 3.33. The lowest BCUT2D eigenvalue weighted by Crippen LogP contribution is -2.55. The van der Waals surface area contributed by atoms with Gasteiger partial charge >= 0.3 is 36.1 Å². The quantitative estimate of drug-likeness (QED) is 0.128. The molecule has 0 saturated carbocycles. The SMILES string of the molecule is CC(C)C[C@@H]1C(=O)O[C@@H](Cc2ccc(NC(=O)O)cc2)C(=O)N(C)[C@H](CC(C)C)C(=O)O[C@@H](C)C(=O)N(C)[C@H](CC(C)C)C(=O)O[C@@H](Cc2ccc(NC(=O)O)cc2)C(=O)N(C)[C@H](CC(C)C)C(=O)O[C@@H](C)C(=O)N1C. The number of amides is 6. The first-order valence-electron chi connectivity index (χ1n) is 25.5. The summed E-state index contributed by atoms with van der Waals surface area (Å²) in [5.41, 5.74) is 1.27. The molecule has 3 rings (SSSR count). The maximum atomic E-state index is 14.8. The predicted octanol–water partition coefficient (Wildman–Crippen LogP) is 5.84. The molecule has 1 fully saturated rings. The molecular weight excluding hydrogens is 989 g/mol. The lowest BCUT2D eigenvalue weighted by atomic mass is 10.00. The molecule has 22 heteroatoms. The van der Waals surface area contributed by atoms with Gasteiger partial charge in [0, 0.05) is 52.4 Å². The van der Waals surface area contributed by atoms with E-state index in [1.54, 1.807) is 55.4 Å². The smallest absolute Gasteiger partial charge is 0.409 e. The highest BCUT2D eigenvalue weighted by Gasteiger charge is 2.43. The highest BCUT2D eigenvalue weighted by atomic mass is 16.6. The van der Waals surface area contributed by atoms with Gasteiger partial charge in [-0.25, -0.2) is 28.8 Å². The van der Waals surface area contributed by atoms with Crippen LogP contribution in [0.3, 0.4) is 0 Å². The maximum Gasteiger partial charge on any atom is 0.409 e. The molecule has 4 N–H and O–H groups in total. The number of hydrogen-bond donors (Lipinski definition) is 4. The number of likely N-dealkylation sites (N-methyl/N-ethyl adjacent to an activating group) is 4. The molecule has 0 aliphatic carbocycles. The van der Waals surface area contributed by atoms with Gasteiger partial charge in [-0.2, -0.15) is 0 Å². The highest BCUT2D eigenvalue weighted by Crippen LogP contribution is 2.25. The number of anilines is 2. The van der Waals surface area contributed by atoms with Crippen molar-refractivity contribution in [2.24, 2.45) is 23.7 Å². The van der Waals surface area contributed by atoms with E-state index in [2.05, 4.69) is 10.6 Å². The fraction of sp³-hybridized carbons (Fsp3) is 0.593. The van der Waals surface area contributed by atoms with Crippen molar-refractivity contribution in [2.75, 3.05) is 38.8 Å². The van der Waals surface area contributed by atoms with Crippen molar-refractivity contribution in [3.05, 3.63) is 59.7 Å². The van der Waals surface area contributed by atoms with Gasteiger partial charge < -0.3 is 48.8 Å². The topological polar surface area (TPSA) is 285 Å². The molecular formula is C54H78N6O16. The molecule has 420 valence electrons. The molecule has 0 aromatic heterocycles. The van der Waals surface area contributed by atoms with Crippen LogP contribution in [0.15, 0.2) is 48.5 Å². The molecule has 1 heterocycles. The third-order valence-corrected chi connectivity index (χ3v) is 12.7. The molecule has 8 atom stereocenters. The number of nitrogens with one attached hydrogen (secondary N) is 2. The molecule has 76 heavy (non-hydrogen) atoms. The fourth-order valence-corrected chi connectivity index (χ4v) is 8.60. The summed E-state index contributed by atoms with van der Waals surface area (Å²) in [6, 6.07) is 6.39. The van der Waals surface area contributed by atoms with Crippen molar-refractivity contribution in [1.82, 2.24) is 19.6 Å². The molecule has 1 saturated heterocycles. The Morgan fingerprint density at radius 2 is 0.671 bits per heavy atom. The zero-order valence-electron chi connectivity index (χ0n) is 46.2. The van der Waals surface area contributed by atoms with E-state index in [0.29, 0.717) is 11.1 Å². The lowest BCUT2D eigenvalue weighted by Gasteiger charge is -2.35. The number of benzene rings is 2. The first-order valence-corrected chi connectivity index (χ1v) is 25.5. The first-order chi connectivity index (χ1) is 35.4. The van der Waals surface area contributed by atoms with E-state index < -0.39 is 108 Å². The zero-order valence-corrected chi connectivity index (χ0v) is 46.2. The molecule has 1 aliphatic heterocycles. The van der Waals surface area contributed by atoms with Crippen molar-refractivity contribution in [3.63, 3.8) is 0 Å². The Hall–Kier alpha value is -7.26. The fourth-order valence-electron chi connectivity index (χ4n) is 8.60. The van der Waals surface area contributed by atoms with Gasteiger partial charge in [-0.15, -0.1) is 0 Å². The number of rotatable bonds is 14. The summed E-state index contributed by atoms with van der Waals surface area (Å²) < 4.78 is 23.7. The van der Waals surface area contributed by atoms with Crippen LogP contribution in [0.4, 0.5) is 21.0 Å². The van der Waals surface area contributed by atoms with E-state index in [1.807, 2.05) is 0 Å². The molecule has 1 aliphatic rings. The number of ether oxygens (including phenoxy) is 4. The Labute approximate surface area is 445 Å². The highest BCUT2D eigenvalue weighted by molar-refractivity contribution is 5.94. The third-order valence-electron chi connectivity index (χ3n) is 12.7. The number of nitrogens with zero attached hydrogens (tertiary/aromatic N) is 4. The molecule has 6 amide bonds. The zero-order chi connectivity index (χ0) is 57.5. The molecule has 2 aromatic rings. The Bertz CT molecular complexity index is 2190. The molecule has 0 radical (unpaired) electrons. The molecule has 0 bridgehead atoms. The van der Waals surface area contributed by atoms with Gasteiger partial charge in [0.15, 0.2) is 24.4 Å². The van der Waals surface area contributed by atoms with E-state index in [-0.39, 0.29) is 73.6 Å². The maximum absolute atomic E-state index is 14.8. The van der Waals surface area contributed by atoms with Crippen molar-refractivity contribution >= 4 is 71.1 Å². The minimum atomic E-state index is -1.65. The number of esters is 4. The summed E-state index contributed by atoms with van der Waals surface area (Å²) >= 11 is 0. The van der Waals surface area contributed by atoms with E-state index in [4.69, 9.17) is 18.9 Å². The second-order valence-corrected chi connectivity index (χ2v) is 21.0. The van der Waals surface area contributed by atoms with Crippen molar-refractivity contribution < 1.29 is 77.1 Å². The third kappa shape index (κ3) is 18.5. The molecule has 0 unspecified atom stereocenters. The van der Waals surface area contributed by atoms with Gasteiger partial charge in [0.25, 0.3) is 23.6 Å². The second-order valence-electron chi connectivity index (χ2n) is 21.0. The van der Waals surface area contributed by atoms with Crippen LogP contribution in [0.2, 0.25) is 0 Å². The van der Waals surface area contributed by atoms with Gasteiger partial charge in [-0.1, -0.05) is 79.7 Å². The Kier molecular flexibility index (Phi) is 23.7. The van der Waals surface area contributed by atoms with Crippen LogP contribution in [0, 0.1) is 23.7 Å². The van der Waals surface area contributed by atoms with Crippen molar-refractivity contribution in [3.8, 4) is 0 Å². The van der Waals surface area contributed by atoms with E-state index >= 15 is 0 Å². The van der Waals surface area contributed by atoms with Crippen molar-refractivity contribution in [1.29, 1.82) is 0 Å². The summed E-state index contributed by atoms with van der Waals surface area (Å²) in [7, 11) is 5.26. The van der Waals surface area contributed by atoms with Gasteiger partial charge in [-0.3, -0.25) is 29.8 Å². The number of carbonyl (C=O) groups is 10. The van der Waals surface area contributed by atoms with Crippen LogP contribution in [0.1, 0.15) is 106 Å². The summed E-state index contributed by atoms with van der Waals surface area (Å²) in [6.45, 7) is 16.9. The van der Waals surface area contributed by atoms with E-state index in [1.165, 1.54) is 90.6 Å². The summed E-state index contributed by atoms with van der Waals surface area (Å²) in [4.78, 5) is 143. The van der Waals surface area contributed by atoms with Crippen LogP contribution in [0.5, 0.6) is 0 Å². The van der Waals surface area contributed by atoms with Crippen LogP contribution in [-0.2, 0) is 70.1 Å². The largest absolute Gasteiger partial charge is 0.465 e. The average molecular weight is 1070 g/mol. The number of carbonyl (C=O) groups excluding carboxylic acids is 8. The van der Waals surface area contributed by atoms with Gasteiger partial charge in [0.1, 0.15) is 24.2 Å². The number of cyclic esters (lactones) is 4. The van der Waals surface area contributed by atoms with Crippen molar-refractivity contribution in [2.45, 2.75) is 156 Å². The summed E-state index contributed by atoms with van der Waals surface area (Å²) in [5.74, 6) is -8.35. The van der Waals surface area contributed by atoms with Crippen LogP contribution in [0.25, 0.3) is 0 Å². The molecule has 0 spiro atoms. The Morgan fingerprint density at radius 3 is 0.908 bits per heavy atom. The minimum absolute atomic E-state index is 0.0147. The van der Waals surface area contributed by atoms with Crippen LogP contribution < -0.4 is 10.6 Å². The normalized spacial score (nSPS) is 23.6. The van der Waals surface area contributed by atoms with Crippen LogP contribution >= 0.6 is 0 Å². The monoisotopic (exact) mass is 1070 g/mol. The predicted molar refractivity (Wildman–Crippen MR) is 279 cm³/mol. The van der Waals surface area contributed by atoms with Crippen LogP contribution in [-0.4, -0.2) is 166 Å². The Morgan fingerprint density at radius 1 is 0.434 bits per heavy atom. The lowest BCUT2D eigenvalue weighted by molar-refractivity contribution is -0.176.